The van der Waals surface area contributed by atoms with Crippen LogP contribution in [0.5, 0.6) is 0 Å². The van der Waals surface area contributed by atoms with Crippen LogP contribution in [0.1, 0.15) is 11.1 Å². The lowest BCUT2D eigenvalue weighted by Gasteiger charge is -2.08. The van der Waals surface area contributed by atoms with Crippen molar-refractivity contribution in [2.75, 3.05) is 5.32 Å². The Morgan fingerprint density at radius 3 is 2.75 bits per heavy atom. The summed E-state index contributed by atoms with van der Waals surface area (Å²) in [4.78, 5) is 8.40. The lowest BCUT2D eigenvalue weighted by Crippen LogP contribution is -2.05. The van der Waals surface area contributed by atoms with E-state index in [2.05, 4.69) is 21.2 Å². The molecular formula is C17H10F3N3S. The number of anilines is 2. The molecule has 0 amide bonds. The number of benzene rings is 1. The number of nitrogens with one attached hydrogen (secondary N) is 1. The number of nitrogens with zero attached hydrogens (tertiary/aromatic N) is 2. The molecule has 3 rings (SSSR count). The molecule has 0 aliphatic carbocycles. The van der Waals surface area contributed by atoms with Gasteiger partial charge in [-0.25, -0.2) is 4.98 Å². The van der Waals surface area contributed by atoms with Crippen LogP contribution in [0.3, 0.4) is 0 Å². The molecule has 0 saturated carbocycles. The minimum absolute atomic E-state index is 0.321. The molecular weight excluding hydrogens is 335 g/mol. The van der Waals surface area contributed by atoms with E-state index in [0.29, 0.717) is 22.1 Å². The molecule has 0 fully saturated rings. The van der Waals surface area contributed by atoms with Crippen LogP contribution in [0, 0.1) is 12.3 Å². The molecule has 1 N–H and O–H groups in total. The number of hydrogen-bond donors (Lipinski definition) is 1. The summed E-state index contributed by atoms with van der Waals surface area (Å²) in [6.45, 7) is 0. The summed E-state index contributed by atoms with van der Waals surface area (Å²) in [7, 11) is 0. The van der Waals surface area contributed by atoms with Crippen molar-refractivity contribution in [3.8, 4) is 23.6 Å². The highest BCUT2D eigenvalue weighted by molar-refractivity contribution is 7.14. The third-order valence-electron chi connectivity index (χ3n) is 3.15. The highest BCUT2D eigenvalue weighted by Gasteiger charge is 2.30. The molecule has 0 aliphatic rings. The van der Waals surface area contributed by atoms with Crippen molar-refractivity contribution in [2.45, 2.75) is 6.18 Å². The Hall–Kier alpha value is -2.85. The van der Waals surface area contributed by atoms with Gasteiger partial charge in [0.15, 0.2) is 5.13 Å². The third kappa shape index (κ3) is 3.55. The molecule has 120 valence electrons. The van der Waals surface area contributed by atoms with Crippen LogP contribution in [0.4, 0.5) is 24.0 Å². The van der Waals surface area contributed by atoms with Crippen LogP contribution in [-0.4, -0.2) is 9.97 Å². The smallest absolute Gasteiger partial charge is 0.332 e. The van der Waals surface area contributed by atoms with Crippen molar-refractivity contribution in [3.05, 3.63) is 59.2 Å². The molecule has 0 saturated heterocycles. The van der Waals surface area contributed by atoms with Gasteiger partial charge in [0.05, 0.1) is 11.3 Å². The fourth-order valence-corrected chi connectivity index (χ4v) is 2.76. The maximum atomic E-state index is 12.7. The molecule has 3 aromatic rings. The van der Waals surface area contributed by atoms with Gasteiger partial charge in [0.1, 0.15) is 0 Å². The standard InChI is InChI=1S/C17H10F3N3S/c1-2-11-6-12(9-21-8-11)15-10-24-16(23-15)22-14-5-3-4-13(7-14)17(18,19)20/h1,3-10H,(H,22,23). The van der Waals surface area contributed by atoms with Crippen molar-refractivity contribution >= 4 is 22.2 Å². The molecule has 7 heteroatoms. The zero-order chi connectivity index (χ0) is 17.2. The summed E-state index contributed by atoms with van der Waals surface area (Å²) in [5.41, 5.74) is 1.64. The van der Waals surface area contributed by atoms with E-state index in [1.54, 1.807) is 29.9 Å². The van der Waals surface area contributed by atoms with E-state index in [1.807, 2.05) is 0 Å². The van der Waals surface area contributed by atoms with Gasteiger partial charge in [0.2, 0.25) is 0 Å². The van der Waals surface area contributed by atoms with Crippen LogP contribution in [0.15, 0.2) is 48.1 Å². The van der Waals surface area contributed by atoms with Gasteiger partial charge < -0.3 is 5.32 Å². The van der Waals surface area contributed by atoms with Gasteiger partial charge in [-0.3, -0.25) is 4.98 Å². The molecule has 0 atom stereocenters. The van der Waals surface area contributed by atoms with E-state index in [0.717, 1.165) is 17.7 Å². The first kappa shape index (κ1) is 16.0. The Morgan fingerprint density at radius 1 is 1.17 bits per heavy atom. The highest BCUT2D eigenvalue weighted by atomic mass is 32.1. The van der Waals surface area contributed by atoms with Gasteiger partial charge in [-0.05, 0) is 24.3 Å². The van der Waals surface area contributed by atoms with E-state index in [9.17, 15) is 13.2 Å². The molecule has 2 heterocycles. The highest BCUT2D eigenvalue weighted by Crippen LogP contribution is 2.32. The first-order valence-electron chi connectivity index (χ1n) is 6.77. The van der Waals surface area contributed by atoms with E-state index >= 15 is 0 Å². The molecule has 0 aliphatic heterocycles. The summed E-state index contributed by atoms with van der Waals surface area (Å²) in [5.74, 6) is 2.50. The maximum absolute atomic E-state index is 12.7. The maximum Gasteiger partial charge on any atom is 0.416 e. The van der Waals surface area contributed by atoms with Crippen LogP contribution < -0.4 is 5.32 Å². The van der Waals surface area contributed by atoms with Crippen LogP contribution in [0.25, 0.3) is 11.3 Å². The molecule has 0 spiro atoms. The monoisotopic (exact) mass is 345 g/mol. The summed E-state index contributed by atoms with van der Waals surface area (Å²) < 4.78 is 38.2. The van der Waals surface area contributed by atoms with Gasteiger partial charge in [0.25, 0.3) is 0 Å². The SMILES string of the molecule is C#Cc1cncc(-c2csc(Nc3cccc(C(F)(F)F)c3)n2)c1. The largest absolute Gasteiger partial charge is 0.416 e. The molecule has 24 heavy (non-hydrogen) atoms. The Bertz CT molecular complexity index is 910. The molecule has 3 nitrogen and oxygen atoms in total. The number of rotatable bonds is 3. The molecule has 0 unspecified atom stereocenters. The second-order valence-corrected chi connectivity index (χ2v) is 5.71. The molecule has 0 radical (unpaired) electrons. The fraction of sp³-hybridized carbons (Fsp3) is 0.0588. The van der Waals surface area contributed by atoms with Gasteiger partial charge in [-0.2, -0.15) is 13.2 Å². The van der Waals surface area contributed by atoms with Crippen LogP contribution in [0.2, 0.25) is 0 Å². The second-order valence-electron chi connectivity index (χ2n) is 4.85. The minimum atomic E-state index is -4.38. The summed E-state index contributed by atoms with van der Waals surface area (Å²) in [6, 6.07) is 6.74. The Labute approximate surface area is 140 Å². The van der Waals surface area contributed by atoms with E-state index in [1.165, 1.54) is 17.4 Å². The van der Waals surface area contributed by atoms with Gasteiger partial charge in [-0.1, -0.05) is 12.0 Å². The predicted octanol–water partition coefficient (Wildman–Crippen LogP) is 4.95. The lowest BCUT2D eigenvalue weighted by atomic mass is 10.2. The molecule has 2 aromatic heterocycles. The fourth-order valence-electron chi connectivity index (χ4n) is 2.02. The number of terminal acetylenes is 1. The summed E-state index contributed by atoms with van der Waals surface area (Å²) in [6.07, 6.45) is 4.16. The predicted molar refractivity (Wildman–Crippen MR) is 88.0 cm³/mol. The van der Waals surface area contributed by atoms with E-state index in [-0.39, 0.29) is 0 Å². The molecule has 0 bridgehead atoms. The third-order valence-corrected chi connectivity index (χ3v) is 3.90. The average molecular weight is 345 g/mol. The van der Waals surface area contributed by atoms with Gasteiger partial charge in [0, 0.05) is 34.6 Å². The lowest BCUT2D eigenvalue weighted by molar-refractivity contribution is -0.137. The second kappa shape index (κ2) is 6.34. The number of hydrogen-bond acceptors (Lipinski definition) is 4. The van der Waals surface area contributed by atoms with Crippen LogP contribution in [-0.2, 0) is 6.18 Å². The topological polar surface area (TPSA) is 37.8 Å². The van der Waals surface area contributed by atoms with E-state index in [4.69, 9.17) is 6.42 Å². The number of alkyl halides is 3. The zero-order valence-electron chi connectivity index (χ0n) is 12.1. The summed E-state index contributed by atoms with van der Waals surface area (Å²) in [5, 5.41) is 5.15. The average Bonchev–Trinajstić information content (AvgIpc) is 3.03. The van der Waals surface area contributed by atoms with Crippen molar-refractivity contribution in [2.24, 2.45) is 0 Å². The van der Waals surface area contributed by atoms with Gasteiger partial charge >= 0.3 is 6.18 Å². The first-order valence-corrected chi connectivity index (χ1v) is 7.65. The van der Waals surface area contributed by atoms with Crippen molar-refractivity contribution in [3.63, 3.8) is 0 Å². The summed E-state index contributed by atoms with van der Waals surface area (Å²) >= 11 is 1.28. The zero-order valence-corrected chi connectivity index (χ0v) is 12.9. The normalized spacial score (nSPS) is 11.1. The van der Waals surface area contributed by atoms with Crippen molar-refractivity contribution < 1.29 is 13.2 Å². The first-order chi connectivity index (χ1) is 11.5. The molecule has 1 aromatic carbocycles. The minimum Gasteiger partial charge on any atom is -0.332 e. The Balaban J connectivity index is 1.83. The van der Waals surface area contributed by atoms with Gasteiger partial charge in [-0.15, -0.1) is 17.8 Å². The Morgan fingerprint density at radius 2 is 2.00 bits per heavy atom. The number of halogens is 3. The quantitative estimate of drug-likeness (QED) is 0.683. The Kier molecular flexibility index (Phi) is 4.23. The number of aromatic nitrogens is 2. The van der Waals surface area contributed by atoms with E-state index < -0.39 is 11.7 Å². The van der Waals surface area contributed by atoms with Crippen molar-refractivity contribution in [1.82, 2.24) is 9.97 Å². The number of thiazole rings is 1. The number of pyridine rings is 1. The van der Waals surface area contributed by atoms with Crippen LogP contribution >= 0.6 is 11.3 Å². The van der Waals surface area contributed by atoms with Crippen molar-refractivity contribution in [1.29, 1.82) is 0 Å².